The molecule has 0 aromatic heterocycles. The number of guanidine groups is 1. The Labute approximate surface area is 158 Å². The molecule has 3 heteroatoms. The van der Waals surface area contributed by atoms with E-state index in [4.69, 9.17) is 4.99 Å². The predicted octanol–water partition coefficient (Wildman–Crippen LogP) is 5.21. The van der Waals surface area contributed by atoms with Crippen LogP contribution < -0.4 is 5.32 Å². The van der Waals surface area contributed by atoms with Gasteiger partial charge >= 0.3 is 0 Å². The Kier molecular flexibility index (Phi) is 6.70. The molecule has 2 aromatic carbocycles. The standard InChI is InChI=1S/C23H31N3/c1-19(2)17-22-18-24-23(25-21-14-7-4-8-15-21)26(22)16-10-9-13-20-11-5-3-6-12-20/h3-8,11-12,14-15,19,22H,9-10,13,16-18H2,1-2H3,(H,24,25)/t22-/m0/s1. The number of unbranched alkanes of at least 4 members (excludes halogenated alkanes) is 1. The molecule has 3 rings (SSSR count). The van der Waals surface area contributed by atoms with Crippen molar-refractivity contribution in [2.75, 3.05) is 18.4 Å². The van der Waals surface area contributed by atoms with Crippen LogP contribution >= 0.6 is 0 Å². The number of nitrogens with one attached hydrogen (secondary N) is 1. The van der Waals surface area contributed by atoms with Crippen molar-refractivity contribution in [2.45, 2.75) is 45.6 Å². The van der Waals surface area contributed by atoms with Gasteiger partial charge in [0.2, 0.25) is 0 Å². The van der Waals surface area contributed by atoms with Crippen molar-refractivity contribution in [3.05, 3.63) is 66.2 Å². The van der Waals surface area contributed by atoms with Gasteiger partial charge in [-0.05, 0) is 49.3 Å². The van der Waals surface area contributed by atoms with Crippen LogP contribution in [0.2, 0.25) is 0 Å². The van der Waals surface area contributed by atoms with E-state index in [1.54, 1.807) is 0 Å². The monoisotopic (exact) mass is 349 g/mol. The molecule has 0 bridgehead atoms. The molecule has 0 unspecified atom stereocenters. The molecule has 0 spiro atoms. The number of aliphatic imine (C=N–C) groups is 1. The molecular formula is C23H31N3. The lowest BCUT2D eigenvalue weighted by Crippen LogP contribution is -2.41. The van der Waals surface area contributed by atoms with E-state index in [9.17, 15) is 0 Å². The molecular weight excluding hydrogens is 318 g/mol. The Balaban J connectivity index is 1.56. The summed E-state index contributed by atoms with van der Waals surface area (Å²) < 4.78 is 0. The van der Waals surface area contributed by atoms with E-state index in [0.29, 0.717) is 12.0 Å². The second-order valence-electron chi connectivity index (χ2n) is 7.57. The first-order chi connectivity index (χ1) is 12.7. The van der Waals surface area contributed by atoms with Crippen molar-refractivity contribution in [2.24, 2.45) is 10.9 Å². The minimum atomic E-state index is 0.526. The molecule has 0 aliphatic carbocycles. The lowest BCUT2D eigenvalue weighted by atomic mass is 10.0. The van der Waals surface area contributed by atoms with Crippen molar-refractivity contribution in [3.63, 3.8) is 0 Å². The predicted molar refractivity (Wildman–Crippen MR) is 112 cm³/mol. The Morgan fingerprint density at radius 3 is 2.38 bits per heavy atom. The molecule has 3 nitrogen and oxygen atoms in total. The molecule has 1 atom stereocenters. The highest BCUT2D eigenvalue weighted by Gasteiger charge is 2.27. The van der Waals surface area contributed by atoms with Crippen LogP contribution in [0.25, 0.3) is 0 Å². The van der Waals surface area contributed by atoms with E-state index in [1.165, 1.54) is 24.8 Å². The molecule has 1 aliphatic rings. The molecule has 0 radical (unpaired) electrons. The minimum Gasteiger partial charge on any atom is -0.338 e. The molecule has 138 valence electrons. The maximum Gasteiger partial charge on any atom is 0.198 e. The molecule has 0 saturated carbocycles. The summed E-state index contributed by atoms with van der Waals surface area (Å²) in [5, 5.41) is 3.53. The van der Waals surface area contributed by atoms with E-state index in [1.807, 2.05) is 6.07 Å². The lowest BCUT2D eigenvalue weighted by molar-refractivity contribution is 0.293. The van der Waals surface area contributed by atoms with Crippen LogP contribution in [-0.2, 0) is 6.42 Å². The summed E-state index contributed by atoms with van der Waals surface area (Å²) in [5.41, 5.74) is 2.55. The SMILES string of the molecule is CC(C)C[C@H]1CN=C(Nc2ccccc2)N1CCCCc1ccccc1. The van der Waals surface area contributed by atoms with Crippen LogP contribution in [0.1, 0.15) is 38.7 Å². The number of anilines is 1. The fourth-order valence-corrected chi connectivity index (χ4v) is 3.61. The third-order valence-corrected chi connectivity index (χ3v) is 4.90. The maximum absolute atomic E-state index is 4.82. The summed E-state index contributed by atoms with van der Waals surface area (Å²) >= 11 is 0. The van der Waals surface area contributed by atoms with Gasteiger partial charge in [0, 0.05) is 12.2 Å². The minimum absolute atomic E-state index is 0.526. The molecule has 2 aromatic rings. The quantitative estimate of drug-likeness (QED) is 0.663. The second-order valence-corrected chi connectivity index (χ2v) is 7.57. The highest BCUT2D eigenvalue weighted by Crippen LogP contribution is 2.20. The van der Waals surface area contributed by atoms with Crippen LogP contribution in [0.15, 0.2) is 65.7 Å². The van der Waals surface area contributed by atoms with Crippen molar-refractivity contribution in [3.8, 4) is 0 Å². The summed E-state index contributed by atoms with van der Waals surface area (Å²) in [5.74, 6) is 1.74. The highest BCUT2D eigenvalue weighted by molar-refractivity contribution is 5.95. The fraction of sp³-hybridized carbons (Fsp3) is 0.435. The maximum atomic E-state index is 4.82. The molecule has 0 saturated heterocycles. The van der Waals surface area contributed by atoms with Gasteiger partial charge in [-0.3, -0.25) is 4.99 Å². The van der Waals surface area contributed by atoms with Gasteiger partial charge in [0.05, 0.1) is 12.6 Å². The normalized spacial score (nSPS) is 16.8. The molecule has 1 N–H and O–H groups in total. The Morgan fingerprint density at radius 1 is 1.00 bits per heavy atom. The summed E-state index contributed by atoms with van der Waals surface area (Å²) in [7, 11) is 0. The van der Waals surface area contributed by atoms with Gasteiger partial charge in [0.25, 0.3) is 0 Å². The number of hydrogen-bond acceptors (Lipinski definition) is 3. The second kappa shape index (κ2) is 9.42. The topological polar surface area (TPSA) is 27.6 Å². The van der Waals surface area contributed by atoms with Crippen LogP contribution in [0, 0.1) is 5.92 Å². The first-order valence-corrected chi connectivity index (χ1v) is 9.89. The fourth-order valence-electron chi connectivity index (χ4n) is 3.61. The first-order valence-electron chi connectivity index (χ1n) is 9.89. The van der Waals surface area contributed by atoms with E-state index < -0.39 is 0 Å². The van der Waals surface area contributed by atoms with Gasteiger partial charge in [0.1, 0.15) is 0 Å². The van der Waals surface area contributed by atoms with E-state index in [0.717, 1.165) is 31.2 Å². The largest absolute Gasteiger partial charge is 0.338 e. The van der Waals surface area contributed by atoms with Gasteiger partial charge in [0.15, 0.2) is 5.96 Å². The zero-order valence-corrected chi connectivity index (χ0v) is 16.1. The van der Waals surface area contributed by atoms with Gasteiger partial charge < -0.3 is 10.2 Å². The van der Waals surface area contributed by atoms with Gasteiger partial charge in [-0.2, -0.15) is 0 Å². The number of nitrogens with zero attached hydrogens (tertiary/aromatic N) is 2. The number of benzene rings is 2. The first kappa shape index (κ1) is 18.5. The van der Waals surface area contributed by atoms with E-state index >= 15 is 0 Å². The van der Waals surface area contributed by atoms with E-state index in [2.05, 4.69) is 78.7 Å². The average molecular weight is 350 g/mol. The lowest BCUT2D eigenvalue weighted by Gasteiger charge is -2.29. The Bertz CT molecular complexity index is 679. The van der Waals surface area contributed by atoms with Crippen molar-refractivity contribution < 1.29 is 0 Å². The van der Waals surface area contributed by atoms with E-state index in [-0.39, 0.29) is 0 Å². The smallest absolute Gasteiger partial charge is 0.198 e. The van der Waals surface area contributed by atoms with Crippen LogP contribution in [-0.4, -0.2) is 30.0 Å². The third kappa shape index (κ3) is 5.35. The van der Waals surface area contributed by atoms with Crippen molar-refractivity contribution >= 4 is 11.6 Å². The number of aryl methyl sites for hydroxylation is 1. The number of hydrogen-bond donors (Lipinski definition) is 1. The zero-order chi connectivity index (χ0) is 18.2. The molecule has 26 heavy (non-hydrogen) atoms. The number of para-hydroxylation sites is 1. The van der Waals surface area contributed by atoms with Crippen molar-refractivity contribution in [1.29, 1.82) is 0 Å². The van der Waals surface area contributed by atoms with Crippen LogP contribution in [0.4, 0.5) is 5.69 Å². The van der Waals surface area contributed by atoms with Crippen LogP contribution in [0.3, 0.4) is 0 Å². The Hall–Kier alpha value is -2.29. The summed E-state index contributed by atoms with van der Waals surface area (Å²) in [6, 6.07) is 21.7. The van der Waals surface area contributed by atoms with Gasteiger partial charge in [-0.25, -0.2) is 0 Å². The van der Waals surface area contributed by atoms with Gasteiger partial charge in [-0.15, -0.1) is 0 Å². The molecule has 0 fully saturated rings. The molecule has 1 heterocycles. The summed E-state index contributed by atoms with van der Waals surface area (Å²) in [4.78, 5) is 7.31. The average Bonchev–Trinajstić information content (AvgIpc) is 3.01. The highest BCUT2D eigenvalue weighted by atomic mass is 15.4. The van der Waals surface area contributed by atoms with Crippen molar-refractivity contribution in [1.82, 2.24) is 4.90 Å². The van der Waals surface area contributed by atoms with Gasteiger partial charge in [-0.1, -0.05) is 62.4 Å². The summed E-state index contributed by atoms with van der Waals surface area (Å²) in [6.07, 6.45) is 4.76. The summed E-state index contributed by atoms with van der Waals surface area (Å²) in [6.45, 7) is 6.58. The Morgan fingerprint density at radius 2 is 1.69 bits per heavy atom. The third-order valence-electron chi connectivity index (χ3n) is 4.90. The van der Waals surface area contributed by atoms with Crippen LogP contribution in [0.5, 0.6) is 0 Å². The number of rotatable bonds is 8. The molecule has 1 aliphatic heterocycles. The zero-order valence-electron chi connectivity index (χ0n) is 16.1. The molecule has 0 amide bonds.